The highest BCUT2D eigenvalue weighted by molar-refractivity contribution is 7.90. The van der Waals surface area contributed by atoms with Gasteiger partial charge in [0.25, 0.3) is 5.56 Å². The van der Waals surface area contributed by atoms with E-state index in [0.717, 1.165) is 28.3 Å². The molecule has 0 amide bonds. The molecule has 0 saturated carbocycles. The Morgan fingerprint density at radius 1 is 1.24 bits per heavy atom. The van der Waals surface area contributed by atoms with E-state index in [1.807, 2.05) is 29.6 Å². The molecule has 8 nitrogen and oxygen atoms in total. The van der Waals surface area contributed by atoms with E-state index in [9.17, 15) is 13.2 Å². The zero-order valence-electron chi connectivity index (χ0n) is 16.0. The van der Waals surface area contributed by atoms with E-state index >= 15 is 0 Å². The third kappa shape index (κ3) is 4.24. The van der Waals surface area contributed by atoms with E-state index < -0.39 is 15.4 Å². The van der Waals surface area contributed by atoms with Gasteiger partial charge in [-0.05, 0) is 24.3 Å². The van der Waals surface area contributed by atoms with Crippen molar-refractivity contribution in [1.29, 1.82) is 0 Å². The van der Waals surface area contributed by atoms with Crippen molar-refractivity contribution < 1.29 is 13.2 Å². The Hall–Kier alpha value is -2.56. The standard InChI is InChI=1S/C19H20N4O4S2/c1-27-13-5-3-12(4-6-13)16-11-28-17(20-16)10-23-8-7-15-14(9-23)18(24)22-19(21-15)29(2,25)26/h3-6,11H,7-10H2,1-2H3,(H,21,22,24). The molecule has 1 N–H and O–H groups in total. The molecule has 152 valence electrons. The molecule has 0 saturated heterocycles. The van der Waals surface area contributed by atoms with Crippen LogP contribution in [0.3, 0.4) is 0 Å². The van der Waals surface area contributed by atoms with Crippen LogP contribution in [0.4, 0.5) is 0 Å². The Kier molecular flexibility index (Phi) is 5.24. The van der Waals surface area contributed by atoms with Gasteiger partial charge in [-0.3, -0.25) is 14.7 Å². The van der Waals surface area contributed by atoms with E-state index in [1.54, 1.807) is 18.4 Å². The van der Waals surface area contributed by atoms with Gasteiger partial charge < -0.3 is 4.74 Å². The van der Waals surface area contributed by atoms with Gasteiger partial charge in [0.2, 0.25) is 15.0 Å². The molecule has 1 aliphatic heterocycles. The molecule has 10 heteroatoms. The van der Waals surface area contributed by atoms with Gasteiger partial charge in [0.05, 0.1) is 30.6 Å². The molecular formula is C19H20N4O4S2. The van der Waals surface area contributed by atoms with Crippen LogP contribution in [0.25, 0.3) is 11.3 Å². The van der Waals surface area contributed by atoms with Gasteiger partial charge in [-0.25, -0.2) is 18.4 Å². The molecule has 0 bridgehead atoms. The van der Waals surface area contributed by atoms with Crippen LogP contribution in [0.1, 0.15) is 16.3 Å². The number of sulfone groups is 1. The van der Waals surface area contributed by atoms with Crippen molar-refractivity contribution >= 4 is 21.2 Å². The van der Waals surface area contributed by atoms with Gasteiger partial charge >= 0.3 is 0 Å². The average Bonchev–Trinajstić information content (AvgIpc) is 3.16. The summed E-state index contributed by atoms with van der Waals surface area (Å²) < 4.78 is 28.5. The van der Waals surface area contributed by atoms with E-state index in [0.29, 0.717) is 37.3 Å². The van der Waals surface area contributed by atoms with Gasteiger partial charge in [0.15, 0.2) is 0 Å². The number of fused-ring (bicyclic) bond motifs is 1. The third-order valence-electron chi connectivity index (χ3n) is 4.77. The van der Waals surface area contributed by atoms with Crippen LogP contribution in [0, 0.1) is 0 Å². The van der Waals surface area contributed by atoms with Crippen molar-refractivity contribution in [2.45, 2.75) is 24.7 Å². The van der Waals surface area contributed by atoms with Crippen molar-refractivity contribution in [3.8, 4) is 17.0 Å². The van der Waals surface area contributed by atoms with E-state index in [4.69, 9.17) is 9.72 Å². The minimum atomic E-state index is -3.55. The summed E-state index contributed by atoms with van der Waals surface area (Å²) in [6.45, 7) is 1.72. The largest absolute Gasteiger partial charge is 0.497 e. The first kappa shape index (κ1) is 19.7. The van der Waals surface area contributed by atoms with Crippen LogP contribution in [0.15, 0.2) is 39.6 Å². The van der Waals surface area contributed by atoms with E-state index in [1.165, 1.54) is 0 Å². The molecule has 3 aromatic rings. The van der Waals surface area contributed by atoms with Crippen LogP contribution >= 0.6 is 11.3 Å². The number of nitrogens with one attached hydrogen (secondary N) is 1. The van der Waals surface area contributed by atoms with Crippen LogP contribution in [0.5, 0.6) is 5.75 Å². The lowest BCUT2D eigenvalue weighted by molar-refractivity contribution is 0.240. The number of hydrogen-bond donors (Lipinski definition) is 1. The number of H-pyrrole nitrogens is 1. The molecule has 0 unspecified atom stereocenters. The van der Waals surface area contributed by atoms with Crippen LogP contribution in [-0.4, -0.2) is 48.2 Å². The van der Waals surface area contributed by atoms with Crippen molar-refractivity contribution in [3.05, 3.63) is 56.3 Å². The summed E-state index contributed by atoms with van der Waals surface area (Å²) in [6, 6.07) is 7.75. The van der Waals surface area contributed by atoms with Crippen molar-refractivity contribution in [2.24, 2.45) is 0 Å². The molecule has 0 atom stereocenters. The second-order valence-corrected chi connectivity index (χ2v) is 9.76. The maximum Gasteiger partial charge on any atom is 0.256 e. The summed E-state index contributed by atoms with van der Waals surface area (Å²) in [6.07, 6.45) is 1.56. The van der Waals surface area contributed by atoms with Crippen LogP contribution in [0.2, 0.25) is 0 Å². The van der Waals surface area contributed by atoms with Crippen molar-refractivity contribution in [2.75, 3.05) is 19.9 Å². The predicted octanol–water partition coefficient (Wildman–Crippen LogP) is 1.86. The number of nitrogens with zero attached hydrogens (tertiary/aromatic N) is 3. The number of rotatable bonds is 5. The lowest BCUT2D eigenvalue weighted by atomic mass is 10.1. The highest BCUT2D eigenvalue weighted by atomic mass is 32.2. The van der Waals surface area contributed by atoms with Gasteiger partial charge in [0.1, 0.15) is 10.8 Å². The Bertz CT molecular complexity index is 1200. The Balaban J connectivity index is 1.50. The summed E-state index contributed by atoms with van der Waals surface area (Å²) >= 11 is 1.57. The Labute approximate surface area is 172 Å². The lowest BCUT2D eigenvalue weighted by Gasteiger charge is -2.26. The van der Waals surface area contributed by atoms with Gasteiger partial charge in [-0.15, -0.1) is 11.3 Å². The summed E-state index contributed by atoms with van der Waals surface area (Å²) in [4.78, 5) is 25.7. The fourth-order valence-corrected chi connectivity index (χ4v) is 4.64. The molecule has 1 aromatic carbocycles. The molecule has 0 spiro atoms. The average molecular weight is 433 g/mol. The molecule has 0 fully saturated rings. The Morgan fingerprint density at radius 2 is 2.00 bits per heavy atom. The molecule has 1 aliphatic rings. The highest BCUT2D eigenvalue weighted by Crippen LogP contribution is 2.26. The quantitative estimate of drug-likeness (QED) is 0.614. The van der Waals surface area contributed by atoms with Crippen LogP contribution < -0.4 is 10.3 Å². The normalized spacial score (nSPS) is 14.6. The fourth-order valence-electron chi connectivity index (χ4n) is 3.24. The second kappa shape index (κ2) is 7.69. The molecule has 2 aromatic heterocycles. The lowest BCUT2D eigenvalue weighted by Crippen LogP contribution is -2.36. The van der Waals surface area contributed by atoms with Crippen molar-refractivity contribution in [1.82, 2.24) is 19.9 Å². The second-order valence-electron chi connectivity index (χ2n) is 6.88. The SMILES string of the molecule is COc1ccc(-c2csc(CN3CCc4nc(S(C)(=O)=O)[nH]c(=O)c4C3)n2)cc1. The van der Waals surface area contributed by atoms with Crippen molar-refractivity contribution in [3.63, 3.8) is 0 Å². The fraction of sp³-hybridized carbons (Fsp3) is 0.316. The maximum atomic E-state index is 12.4. The minimum Gasteiger partial charge on any atom is -0.497 e. The van der Waals surface area contributed by atoms with E-state index in [2.05, 4.69) is 14.9 Å². The monoisotopic (exact) mass is 432 g/mol. The molecular weight excluding hydrogens is 412 g/mol. The number of ether oxygens (including phenoxy) is 1. The highest BCUT2D eigenvalue weighted by Gasteiger charge is 2.24. The minimum absolute atomic E-state index is 0.265. The molecule has 3 heterocycles. The maximum absolute atomic E-state index is 12.4. The first-order valence-electron chi connectivity index (χ1n) is 8.97. The number of thiazole rings is 1. The number of hydrogen-bond acceptors (Lipinski definition) is 8. The molecule has 4 rings (SSSR count). The van der Waals surface area contributed by atoms with E-state index in [-0.39, 0.29) is 5.16 Å². The van der Waals surface area contributed by atoms with Gasteiger partial charge in [-0.1, -0.05) is 0 Å². The van der Waals surface area contributed by atoms with Gasteiger partial charge in [0, 0.05) is 36.7 Å². The Morgan fingerprint density at radius 3 is 2.69 bits per heavy atom. The number of aromatic nitrogens is 3. The first-order valence-corrected chi connectivity index (χ1v) is 11.7. The summed E-state index contributed by atoms with van der Waals surface area (Å²) in [5, 5.41) is 2.71. The topological polar surface area (TPSA) is 105 Å². The third-order valence-corrected chi connectivity index (χ3v) is 6.50. The summed E-state index contributed by atoms with van der Waals surface area (Å²) in [5.41, 5.74) is 2.62. The molecule has 0 aliphatic carbocycles. The number of benzene rings is 1. The number of aromatic amines is 1. The zero-order valence-corrected chi connectivity index (χ0v) is 17.6. The number of methoxy groups -OCH3 is 1. The van der Waals surface area contributed by atoms with Gasteiger partial charge in [-0.2, -0.15) is 0 Å². The zero-order chi connectivity index (χ0) is 20.6. The first-order chi connectivity index (χ1) is 13.8. The van der Waals surface area contributed by atoms with Crippen LogP contribution in [-0.2, 0) is 29.3 Å². The smallest absolute Gasteiger partial charge is 0.256 e. The summed E-state index contributed by atoms with van der Waals surface area (Å²) in [7, 11) is -1.91. The summed E-state index contributed by atoms with van der Waals surface area (Å²) in [5.74, 6) is 0.800. The molecule has 0 radical (unpaired) electrons. The molecule has 29 heavy (non-hydrogen) atoms. The predicted molar refractivity (Wildman–Crippen MR) is 110 cm³/mol.